The van der Waals surface area contributed by atoms with Crippen molar-refractivity contribution in [2.24, 2.45) is 0 Å². The fraction of sp³-hybridized carbons (Fsp3) is 0.278. The van der Waals surface area contributed by atoms with Crippen molar-refractivity contribution in [3.63, 3.8) is 0 Å². The number of ether oxygens (including phenoxy) is 1. The fourth-order valence-corrected chi connectivity index (χ4v) is 2.73. The number of anilines is 1. The van der Waals surface area contributed by atoms with Gasteiger partial charge < -0.3 is 26.0 Å². The molecule has 140 valence electrons. The molecule has 0 aliphatic carbocycles. The molecule has 2 unspecified atom stereocenters. The predicted octanol–water partition coefficient (Wildman–Crippen LogP) is 3.29. The monoisotopic (exact) mass is 398 g/mol. The van der Waals surface area contributed by atoms with Crippen molar-refractivity contribution in [3.05, 3.63) is 63.6 Å². The maximum absolute atomic E-state index is 11.6. The van der Waals surface area contributed by atoms with E-state index in [0.717, 1.165) is 5.56 Å². The van der Waals surface area contributed by atoms with Crippen molar-refractivity contribution < 1.29 is 19.7 Å². The molecule has 0 heterocycles. The van der Waals surface area contributed by atoms with E-state index < -0.39 is 18.3 Å². The number of alkyl carbamates (subject to hydrolysis) is 1. The number of nitrogens with one attached hydrogen (secondary N) is 1. The molecule has 2 aromatic rings. The molecule has 2 aromatic carbocycles. The summed E-state index contributed by atoms with van der Waals surface area (Å²) in [6, 6.07) is 12.3. The zero-order valence-electron chi connectivity index (χ0n) is 13.9. The highest BCUT2D eigenvalue weighted by atomic mass is 35.5. The number of nitrogen functional groups attached to an aromatic ring is 1. The summed E-state index contributed by atoms with van der Waals surface area (Å²) in [5.74, 6) is 0. The fourth-order valence-electron chi connectivity index (χ4n) is 2.27. The van der Waals surface area contributed by atoms with E-state index in [9.17, 15) is 15.0 Å². The van der Waals surface area contributed by atoms with E-state index in [4.69, 9.17) is 33.7 Å². The van der Waals surface area contributed by atoms with Crippen molar-refractivity contribution in [1.29, 1.82) is 0 Å². The molecule has 0 spiro atoms. The van der Waals surface area contributed by atoms with Gasteiger partial charge in [0.05, 0.1) is 21.8 Å². The molecular formula is C18H20Cl2N2O4. The Morgan fingerprint density at radius 3 is 2.50 bits per heavy atom. The first-order valence-electron chi connectivity index (χ1n) is 7.94. The van der Waals surface area contributed by atoms with E-state index in [1.165, 1.54) is 12.1 Å². The average molecular weight is 399 g/mol. The van der Waals surface area contributed by atoms with Gasteiger partial charge in [0.25, 0.3) is 0 Å². The Morgan fingerprint density at radius 1 is 1.12 bits per heavy atom. The summed E-state index contributed by atoms with van der Waals surface area (Å²) in [5, 5.41) is 23.1. The lowest BCUT2D eigenvalue weighted by Crippen LogP contribution is -2.29. The van der Waals surface area contributed by atoms with Crippen LogP contribution in [-0.2, 0) is 11.3 Å². The molecule has 26 heavy (non-hydrogen) atoms. The van der Waals surface area contributed by atoms with Crippen molar-refractivity contribution >= 4 is 35.0 Å². The molecule has 0 radical (unpaired) electrons. The Bertz CT molecular complexity index is 743. The van der Waals surface area contributed by atoms with Crippen LogP contribution in [0.1, 0.15) is 23.7 Å². The van der Waals surface area contributed by atoms with Crippen LogP contribution in [0, 0.1) is 0 Å². The van der Waals surface area contributed by atoms with Gasteiger partial charge in [0, 0.05) is 12.1 Å². The minimum atomic E-state index is -1.26. The van der Waals surface area contributed by atoms with E-state index >= 15 is 0 Å². The van der Waals surface area contributed by atoms with Gasteiger partial charge in [-0.25, -0.2) is 4.79 Å². The van der Waals surface area contributed by atoms with E-state index in [1.807, 2.05) is 30.3 Å². The molecular weight excluding hydrogens is 379 g/mol. The van der Waals surface area contributed by atoms with Crippen molar-refractivity contribution in [2.45, 2.75) is 25.2 Å². The Labute approximate surface area is 161 Å². The Balaban J connectivity index is 1.78. The lowest BCUT2D eigenvalue weighted by atomic mass is 10.0. The first-order valence-corrected chi connectivity index (χ1v) is 8.69. The first kappa shape index (κ1) is 20.3. The second kappa shape index (κ2) is 9.64. The first-order chi connectivity index (χ1) is 12.4. The molecule has 0 saturated carbocycles. The zero-order valence-corrected chi connectivity index (χ0v) is 15.4. The lowest BCUT2D eigenvalue weighted by molar-refractivity contribution is 0.0137. The van der Waals surface area contributed by atoms with Crippen LogP contribution in [0.25, 0.3) is 0 Å². The summed E-state index contributed by atoms with van der Waals surface area (Å²) >= 11 is 12.0. The number of aliphatic hydroxyl groups excluding tert-OH is 2. The highest BCUT2D eigenvalue weighted by molar-refractivity contribution is 6.44. The van der Waals surface area contributed by atoms with E-state index in [-0.39, 0.29) is 40.9 Å². The highest BCUT2D eigenvalue weighted by Crippen LogP contribution is 2.35. The maximum Gasteiger partial charge on any atom is 0.407 e. The van der Waals surface area contributed by atoms with Gasteiger partial charge in [-0.2, -0.15) is 0 Å². The number of aliphatic hydroxyl groups is 2. The number of halogens is 2. The number of nitrogens with two attached hydrogens (primary N) is 1. The predicted molar refractivity (Wildman–Crippen MR) is 101 cm³/mol. The molecule has 0 saturated heterocycles. The van der Waals surface area contributed by atoms with Crippen LogP contribution in [-0.4, -0.2) is 29.0 Å². The second-order valence-electron chi connectivity index (χ2n) is 5.66. The minimum absolute atomic E-state index is 0.0912. The SMILES string of the molecule is Nc1ccc(C(O)C(O)CCNC(=O)OCc2ccccc2)c(Cl)c1Cl. The second-order valence-corrected chi connectivity index (χ2v) is 6.42. The number of benzene rings is 2. The van der Waals surface area contributed by atoms with Gasteiger partial charge in [-0.3, -0.25) is 0 Å². The number of hydrogen-bond acceptors (Lipinski definition) is 5. The molecule has 5 N–H and O–H groups in total. The van der Waals surface area contributed by atoms with Gasteiger partial charge in [-0.1, -0.05) is 59.6 Å². The van der Waals surface area contributed by atoms with Gasteiger partial charge in [-0.15, -0.1) is 0 Å². The number of carbonyl (C=O) groups is 1. The van der Waals surface area contributed by atoms with E-state index in [0.29, 0.717) is 0 Å². The minimum Gasteiger partial charge on any atom is -0.445 e. The van der Waals surface area contributed by atoms with Gasteiger partial charge in [0.15, 0.2) is 0 Å². The third-order valence-corrected chi connectivity index (χ3v) is 4.66. The number of rotatable bonds is 7. The van der Waals surface area contributed by atoms with Crippen LogP contribution in [0.15, 0.2) is 42.5 Å². The maximum atomic E-state index is 11.6. The topological polar surface area (TPSA) is 105 Å². The molecule has 6 nitrogen and oxygen atoms in total. The molecule has 0 aliphatic heterocycles. The summed E-state index contributed by atoms with van der Waals surface area (Å²) < 4.78 is 5.06. The third-order valence-electron chi connectivity index (χ3n) is 3.75. The van der Waals surface area contributed by atoms with Crippen molar-refractivity contribution in [1.82, 2.24) is 5.32 Å². The molecule has 0 fully saturated rings. The molecule has 2 atom stereocenters. The Hall–Kier alpha value is -1.99. The summed E-state index contributed by atoms with van der Waals surface area (Å²) in [5.41, 5.74) is 7.05. The van der Waals surface area contributed by atoms with Crippen LogP contribution in [0.4, 0.5) is 10.5 Å². The van der Waals surface area contributed by atoms with E-state index in [2.05, 4.69) is 5.32 Å². The summed E-state index contributed by atoms with van der Waals surface area (Å²) in [7, 11) is 0. The zero-order chi connectivity index (χ0) is 19.1. The van der Waals surface area contributed by atoms with Crippen LogP contribution in [0.5, 0.6) is 0 Å². The van der Waals surface area contributed by atoms with Crippen LogP contribution >= 0.6 is 23.2 Å². The summed E-state index contributed by atoms with van der Waals surface area (Å²) in [4.78, 5) is 11.6. The van der Waals surface area contributed by atoms with Crippen LogP contribution < -0.4 is 11.1 Å². The van der Waals surface area contributed by atoms with Gasteiger partial charge >= 0.3 is 6.09 Å². The van der Waals surface area contributed by atoms with Crippen LogP contribution in [0.3, 0.4) is 0 Å². The Kier molecular flexibility index (Phi) is 7.53. The quantitative estimate of drug-likeness (QED) is 0.535. The summed E-state index contributed by atoms with van der Waals surface area (Å²) in [6.45, 7) is 0.267. The van der Waals surface area contributed by atoms with Gasteiger partial charge in [-0.05, 0) is 18.1 Å². The lowest BCUT2D eigenvalue weighted by Gasteiger charge is -2.20. The third kappa shape index (κ3) is 5.51. The van der Waals surface area contributed by atoms with Crippen LogP contribution in [0.2, 0.25) is 10.0 Å². The summed E-state index contributed by atoms with van der Waals surface area (Å²) in [6.07, 6.45) is -2.92. The van der Waals surface area contributed by atoms with Crippen molar-refractivity contribution in [2.75, 3.05) is 12.3 Å². The highest BCUT2D eigenvalue weighted by Gasteiger charge is 2.22. The molecule has 2 rings (SSSR count). The van der Waals surface area contributed by atoms with E-state index in [1.54, 1.807) is 0 Å². The molecule has 0 aliphatic rings. The van der Waals surface area contributed by atoms with Gasteiger partial charge in [0.2, 0.25) is 0 Å². The van der Waals surface area contributed by atoms with Gasteiger partial charge in [0.1, 0.15) is 12.7 Å². The molecule has 8 heteroatoms. The number of amides is 1. The molecule has 0 bridgehead atoms. The number of carbonyl (C=O) groups excluding carboxylic acids is 1. The van der Waals surface area contributed by atoms with Crippen molar-refractivity contribution in [3.8, 4) is 0 Å². The molecule has 1 amide bonds. The normalized spacial score (nSPS) is 13.1. The standard InChI is InChI=1S/C18H20Cl2N2O4/c19-15-12(6-7-13(21)16(15)20)17(24)14(23)8-9-22-18(25)26-10-11-4-2-1-3-5-11/h1-7,14,17,23-24H,8-10,21H2,(H,22,25). The molecule has 0 aromatic heterocycles. The average Bonchev–Trinajstić information content (AvgIpc) is 2.65. The largest absolute Gasteiger partial charge is 0.445 e. The Morgan fingerprint density at radius 2 is 1.81 bits per heavy atom. The number of hydrogen-bond donors (Lipinski definition) is 4. The smallest absolute Gasteiger partial charge is 0.407 e.